The Morgan fingerprint density at radius 1 is 1.37 bits per heavy atom. The summed E-state index contributed by atoms with van der Waals surface area (Å²) in [5.41, 5.74) is -0.726. The third-order valence-electron chi connectivity index (χ3n) is 4.75. The van der Waals surface area contributed by atoms with Gasteiger partial charge in [-0.3, -0.25) is 14.3 Å². The van der Waals surface area contributed by atoms with E-state index < -0.39 is 21.2 Å². The second kappa shape index (κ2) is 5.99. The van der Waals surface area contributed by atoms with Gasteiger partial charge in [0.25, 0.3) is 5.91 Å². The van der Waals surface area contributed by atoms with Gasteiger partial charge in [0, 0.05) is 18.9 Å². The van der Waals surface area contributed by atoms with Crippen LogP contribution in [0.2, 0.25) is 0 Å². The molecule has 11 heteroatoms. The van der Waals surface area contributed by atoms with E-state index in [1.54, 1.807) is 11.6 Å². The SMILES string of the molecule is Cc1cc(C(=O)N=S(C)(=O)c2cnn3c2CN(C(=O)C2(O)CC2)CC3)no1. The number of aliphatic hydroxyl groups is 1. The minimum absolute atomic E-state index is 0.0177. The fourth-order valence-electron chi connectivity index (χ4n) is 3.06. The number of rotatable bonds is 3. The van der Waals surface area contributed by atoms with Gasteiger partial charge < -0.3 is 14.5 Å². The molecule has 1 N–H and O–H groups in total. The summed E-state index contributed by atoms with van der Waals surface area (Å²) >= 11 is 0. The summed E-state index contributed by atoms with van der Waals surface area (Å²) in [6.07, 6.45) is 3.69. The maximum Gasteiger partial charge on any atom is 0.307 e. The van der Waals surface area contributed by atoms with Crippen LogP contribution in [0.1, 0.15) is 34.8 Å². The average Bonchev–Trinajstić information content (AvgIpc) is 3.04. The van der Waals surface area contributed by atoms with E-state index >= 15 is 0 Å². The topological polar surface area (TPSA) is 131 Å². The fourth-order valence-corrected chi connectivity index (χ4v) is 4.42. The molecule has 0 spiro atoms. The lowest BCUT2D eigenvalue weighted by molar-refractivity contribution is -0.144. The number of aryl methyl sites for hydroxylation is 1. The van der Waals surface area contributed by atoms with Gasteiger partial charge in [0.1, 0.15) is 11.4 Å². The van der Waals surface area contributed by atoms with Crippen LogP contribution >= 0.6 is 0 Å². The second-order valence-corrected chi connectivity index (χ2v) is 9.19. The molecule has 1 unspecified atom stereocenters. The highest BCUT2D eigenvalue weighted by Gasteiger charge is 2.50. The molecule has 2 aliphatic rings. The standard InChI is InChI=1S/C16H19N5O5S/c1-10-7-11(18-26-10)14(22)19-27(2,25)13-8-17-21-6-5-20(9-12(13)21)15(23)16(24)3-4-16/h7-8,24H,3-6,9H2,1-2H3. The molecule has 1 saturated carbocycles. The zero-order valence-electron chi connectivity index (χ0n) is 14.9. The van der Waals surface area contributed by atoms with Gasteiger partial charge in [-0.1, -0.05) is 5.16 Å². The van der Waals surface area contributed by atoms with Crippen molar-refractivity contribution < 1.29 is 23.4 Å². The molecule has 1 aliphatic heterocycles. The van der Waals surface area contributed by atoms with Crippen molar-refractivity contribution in [1.82, 2.24) is 19.8 Å². The molecule has 0 aromatic carbocycles. The van der Waals surface area contributed by atoms with Crippen LogP contribution in [-0.2, 0) is 27.6 Å². The third kappa shape index (κ3) is 3.16. The van der Waals surface area contributed by atoms with E-state index in [9.17, 15) is 18.9 Å². The van der Waals surface area contributed by atoms with Crippen molar-refractivity contribution in [3.8, 4) is 0 Å². The maximum atomic E-state index is 13.1. The van der Waals surface area contributed by atoms with E-state index in [-0.39, 0.29) is 18.1 Å². The Hall–Kier alpha value is -2.53. The van der Waals surface area contributed by atoms with Crippen molar-refractivity contribution in [3.05, 3.63) is 29.4 Å². The smallest absolute Gasteiger partial charge is 0.307 e. The van der Waals surface area contributed by atoms with Crippen LogP contribution in [-0.4, -0.2) is 59.4 Å². The van der Waals surface area contributed by atoms with Gasteiger partial charge in [-0.25, -0.2) is 4.21 Å². The summed E-state index contributed by atoms with van der Waals surface area (Å²) in [5.74, 6) is -0.615. The van der Waals surface area contributed by atoms with Gasteiger partial charge in [0.15, 0.2) is 5.69 Å². The minimum atomic E-state index is -3.11. The van der Waals surface area contributed by atoms with Gasteiger partial charge in [-0.15, -0.1) is 0 Å². The Kier molecular flexibility index (Phi) is 3.96. The molecule has 0 bridgehead atoms. The van der Waals surface area contributed by atoms with Crippen LogP contribution in [0.15, 0.2) is 26.0 Å². The van der Waals surface area contributed by atoms with Gasteiger partial charge in [-0.2, -0.15) is 9.46 Å². The summed E-state index contributed by atoms with van der Waals surface area (Å²) in [4.78, 5) is 26.5. The fraction of sp³-hybridized carbons (Fsp3) is 0.500. The van der Waals surface area contributed by atoms with Gasteiger partial charge in [-0.05, 0) is 19.8 Å². The van der Waals surface area contributed by atoms with Gasteiger partial charge in [0.05, 0.1) is 39.6 Å². The minimum Gasteiger partial charge on any atom is -0.380 e. The monoisotopic (exact) mass is 393 g/mol. The molecule has 144 valence electrons. The first-order valence-corrected chi connectivity index (χ1v) is 10.4. The molecular weight excluding hydrogens is 374 g/mol. The number of carbonyl (C=O) groups excluding carboxylic acids is 2. The van der Waals surface area contributed by atoms with E-state index in [2.05, 4.69) is 14.6 Å². The number of hydrogen-bond acceptors (Lipinski definition) is 7. The number of hydrogen-bond donors (Lipinski definition) is 1. The molecule has 27 heavy (non-hydrogen) atoms. The van der Waals surface area contributed by atoms with E-state index in [1.807, 2.05) is 0 Å². The molecule has 10 nitrogen and oxygen atoms in total. The van der Waals surface area contributed by atoms with E-state index in [0.29, 0.717) is 42.3 Å². The lowest BCUT2D eigenvalue weighted by Crippen LogP contribution is -2.45. The molecule has 0 radical (unpaired) electrons. The first-order valence-electron chi connectivity index (χ1n) is 8.46. The zero-order valence-corrected chi connectivity index (χ0v) is 15.7. The lowest BCUT2D eigenvalue weighted by atomic mass is 10.2. The first kappa shape index (κ1) is 17.9. The average molecular weight is 393 g/mol. The van der Waals surface area contributed by atoms with Crippen LogP contribution in [0, 0.1) is 6.92 Å². The van der Waals surface area contributed by atoms with E-state index in [0.717, 1.165) is 0 Å². The van der Waals surface area contributed by atoms with Crippen molar-refractivity contribution >= 4 is 21.5 Å². The Labute approximate surface area is 155 Å². The lowest BCUT2D eigenvalue weighted by Gasteiger charge is -2.30. The summed E-state index contributed by atoms with van der Waals surface area (Å²) < 4.78 is 23.5. The summed E-state index contributed by atoms with van der Waals surface area (Å²) in [7, 11) is -3.11. The van der Waals surface area contributed by atoms with Crippen LogP contribution < -0.4 is 0 Å². The molecule has 1 atom stereocenters. The third-order valence-corrected chi connectivity index (χ3v) is 6.43. The van der Waals surface area contributed by atoms with Crippen molar-refractivity contribution in [2.45, 2.75) is 43.4 Å². The normalized spacial score (nSPS) is 19.9. The van der Waals surface area contributed by atoms with Crippen LogP contribution in [0.4, 0.5) is 0 Å². The van der Waals surface area contributed by atoms with Crippen molar-refractivity contribution in [2.24, 2.45) is 4.36 Å². The Balaban J connectivity index is 1.65. The first-order chi connectivity index (χ1) is 12.7. The molecule has 1 fully saturated rings. The predicted molar refractivity (Wildman–Crippen MR) is 92.2 cm³/mol. The molecule has 2 amide bonds. The summed E-state index contributed by atoms with van der Waals surface area (Å²) in [5, 5.41) is 17.9. The summed E-state index contributed by atoms with van der Waals surface area (Å²) in [6.45, 7) is 2.63. The molecular formula is C16H19N5O5S. The van der Waals surface area contributed by atoms with Gasteiger partial charge in [0.2, 0.25) is 0 Å². The number of aromatic nitrogens is 3. The number of carbonyl (C=O) groups is 2. The van der Waals surface area contributed by atoms with Crippen molar-refractivity contribution in [3.63, 3.8) is 0 Å². The number of nitrogens with zero attached hydrogens (tertiary/aromatic N) is 5. The molecule has 4 rings (SSSR count). The van der Waals surface area contributed by atoms with Crippen molar-refractivity contribution in [1.29, 1.82) is 0 Å². The van der Waals surface area contributed by atoms with Gasteiger partial charge >= 0.3 is 5.91 Å². The van der Waals surface area contributed by atoms with Crippen LogP contribution in [0.5, 0.6) is 0 Å². The second-order valence-electron chi connectivity index (χ2n) is 6.96. The highest BCUT2D eigenvalue weighted by molar-refractivity contribution is 7.93. The molecule has 1 aliphatic carbocycles. The number of fused-ring (bicyclic) bond motifs is 1. The quantitative estimate of drug-likeness (QED) is 0.796. The van der Waals surface area contributed by atoms with Crippen LogP contribution in [0.25, 0.3) is 0 Å². The predicted octanol–water partition coefficient (Wildman–Crippen LogP) is 0.344. The molecule has 2 aromatic rings. The van der Waals surface area contributed by atoms with E-state index in [1.165, 1.54) is 23.4 Å². The Morgan fingerprint density at radius 2 is 2.11 bits per heavy atom. The largest absolute Gasteiger partial charge is 0.380 e. The molecule has 2 aromatic heterocycles. The molecule has 0 saturated heterocycles. The van der Waals surface area contributed by atoms with Crippen LogP contribution in [0.3, 0.4) is 0 Å². The highest BCUT2D eigenvalue weighted by Crippen LogP contribution is 2.38. The zero-order chi connectivity index (χ0) is 19.4. The van der Waals surface area contributed by atoms with Crippen molar-refractivity contribution in [2.75, 3.05) is 12.8 Å². The Morgan fingerprint density at radius 3 is 2.74 bits per heavy atom. The summed E-state index contributed by atoms with van der Waals surface area (Å²) in [6, 6.07) is 1.42. The molecule has 3 heterocycles. The van der Waals surface area contributed by atoms with E-state index in [4.69, 9.17) is 4.52 Å². The highest BCUT2D eigenvalue weighted by atomic mass is 32.2. The number of amides is 2. The maximum absolute atomic E-state index is 13.1. The Bertz CT molecular complexity index is 1060.